The first kappa shape index (κ1) is 21.3. The minimum absolute atomic E-state index is 0.214. The molecule has 6 nitrogen and oxygen atoms in total. The van der Waals surface area contributed by atoms with Crippen LogP contribution in [0.4, 0.5) is 0 Å². The van der Waals surface area contributed by atoms with Crippen molar-refractivity contribution in [2.45, 2.75) is 32.3 Å². The van der Waals surface area contributed by atoms with Gasteiger partial charge < -0.3 is 19.5 Å². The number of hydrogen-bond donors (Lipinski definition) is 1. The number of esters is 1. The molecule has 0 radical (unpaired) electrons. The average molecular weight is 385 g/mol. The number of amides is 1. The second-order valence-electron chi connectivity index (χ2n) is 6.36. The SMILES string of the molecule is CC[C@H](CNC(=O)[C@@H](C)OC(=O)COc1ccc(OC)cc1)c1ccccc1. The van der Waals surface area contributed by atoms with Crippen LogP contribution in [0, 0.1) is 0 Å². The van der Waals surface area contributed by atoms with Gasteiger partial charge in [0.1, 0.15) is 11.5 Å². The quantitative estimate of drug-likeness (QED) is 0.635. The number of carbonyl (C=O) groups is 2. The van der Waals surface area contributed by atoms with Gasteiger partial charge in [-0.1, -0.05) is 37.3 Å². The van der Waals surface area contributed by atoms with Gasteiger partial charge in [-0.2, -0.15) is 0 Å². The van der Waals surface area contributed by atoms with Crippen molar-refractivity contribution in [3.05, 3.63) is 60.2 Å². The van der Waals surface area contributed by atoms with Crippen LogP contribution in [0.25, 0.3) is 0 Å². The molecule has 150 valence electrons. The normalized spacial score (nSPS) is 12.5. The van der Waals surface area contributed by atoms with E-state index in [1.165, 1.54) is 5.56 Å². The lowest BCUT2D eigenvalue weighted by molar-refractivity contribution is -0.156. The maximum Gasteiger partial charge on any atom is 0.344 e. The molecular weight excluding hydrogens is 358 g/mol. The van der Waals surface area contributed by atoms with E-state index in [4.69, 9.17) is 14.2 Å². The zero-order valence-electron chi connectivity index (χ0n) is 16.5. The van der Waals surface area contributed by atoms with Gasteiger partial charge in [0.05, 0.1) is 7.11 Å². The van der Waals surface area contributed by atoms with E-state index in [-0.39, 0.29) is 18.4 Å². The molecule has 0 bridgehead atoms. The molecule has 0 aromatic heterocycles. The average Bonchev–Trinajstić information content (AvgIpc) is 2.73. The van der Waals surface area contributed by atoms with Gasteiger partial charge in [-0.25, -0.2) is 4.79 Å². The molecule has 0 aliphatic rings. The molecule has 1 amide bonds. The Hall–Kier alpha value is -3.02. The van der Waals surface area contributed by atoms with E-state index in [1.807, 2.05) is 30.3 Å². The van der Waals surface area contributed by atoms with Crippen LogP contribution >= 0.6 is 0 Å². The lowest BCUT2D eigenvalue weighted by Gasteiger charge is -2.18. The minimum atomic E-state index is -0.889. The van der Waals surface area contributed by atoms with Crippen molar-refractivity contribution in [2.24, 2.45) is 0 Å². The van der Waals surface area contributed by atoms with Gasteiger partial charge in [0, 0.05) is 12.5 Å². The summed E-state index contributed by atoms with van der Waals surface area (Å²) in [6.45, 7) is 3.84. The number of benzene rings is 2. The molecule has 6 heteroatoms. The lowest BCUT2D eigenvalue weighted by Crippen LogP contribution is -2.38. The summed E-state index contributed by atoms with van der Waals surface area (Å²) in [5.41, 5.74) is 1.17. The van der Waals surface area contributed by atoms with Gasteiger partial charge in [0.15, 0.2) is 12.7 Å². The molecule has 0 saturated carbocycles. The number of carbonyl (C=O) groups excluding carboxylic acids is 2. The van der Waals surface area contributed by atoms with E-state index in [0.717, 1.165) is 6.42 Å². The third kappa shape index (κ3) is 6.61. The number of nitrogens with one attached hydrogen (secondary N) is 1. The molecule has 0 saturated heterocycles. The van der Waals surface area contributed by atoms with Crippen LogP contribution in [0.2, 0.25) is 0 Å². The Bertz CT molecular complexity index is 745. The van der Waals surface area contributed by atoms with E-state index in [1.54, 1.807) is 38.3 Å². The molecule has 0 aliphatic carbocycles. The van der Waals surface area contributed by atoms with Crippen molar-refractivity contribution in [3.63, 3.8) is 0 Å². The fourth-order valence-corrected chi connectivity index (χ4v) is 2.69. The van der Waals surface area contributed by atoms with Gasteiger partial charge >= 0.3 is 5.97 Å². The molecule has 28 heavy (non-hydrogen) atoms. The Morgan fingerprint density at radius 3 is 2.25 bits per heavy atom. The first-order chi connectivity index (χ1) is 13.5. The Balaban J connectivity index is 1.75. The standard InChI is InChI=1S/C22H27NO5/c1-4-17(18-8-6-5-7-9-18)14-23-22(25)16(2)28-21(24)15-27-20-12-10-19(26-3)11-13-20/h5-13,16-17H,4,14-15H2,1-3H3,(H,23,25)/t16-,17-/m1/s1. The number of ether oxygens (including phenoxy) is 3. The van der Waals surface area contributed by atoms with Gasteiger partial charge in [-0.05, 0) is 43.2 Å². The van der Waals surface area contributed by atoms with Gasteiger partial charge in [0.2, 0.25) is 0 Å². The maximum absolute atomic E-state index is 12.2. The smallest absolute Gasteiger partial charge is 0.344 e. The largest absolute Gasteiger partial charge is 0.497 e. The van der Waals surface area contributed by atoms with E-state index in [9.17, 15) is 9.59 Å². The molecule has 0 unspecified atom stereocenters. The Labute approximate surface area is 165 Å². The van der Waals surface area contributed by atoms with Crippen LogP contribution in [0.5, 0.6) is 11.5 Å². The summed E-state index contributed by atoms with van der Waals surface area (Å²) in [5, 5.41) is 2.85. The summed E-state index contributed by atoms with van der Waals surface area (Å²) in [7, 11) is 1.57. The zero-order valence-corrected chi connectivity index (χ0v) is 16.5. The highest BCUT2D eigenvalue weighted by Gasteiger charge is 2.19. The molecule has 2 aromatic carbocycles. The molecule has 0 heterocycles. The number of rotatable bonds is 10. The summed E-state index contributed by atoms with van der Waals surface area (Å²) < 4.78 is 15.6. The van der Waals surface area contributed by atoms with E-state index < -0.39 is 12.1 Å². The fraction of sp³-hybridized carbons (Fsp3) is 0.364. The van der Waals surface area contributed by atoms with Crippen LogP contribution in [-0.2, 0) is 14.3 Å². The predicted octanol–water partition coefficient (Wildman–Crippen LogP) is 3.32. The zero-order chi connectivity index (χ0) is 20.4. The van der Waals surface area contributed by atoms with Crippen molar-refractivity contribution in [2.75, 3.05) is 20.3 Å². The summed E-state index contributed by atoms with van der Waals surface area (Å²) in [4.78, 5) is 24.2. The summed E-state index contributed by atoms with van der Waals surface area (Å²) in [6, 6.07) is 16.8. The second kappa shape index (κ2) is 11.0. The topological polar surface area (TPSA) is 73.9 Å². The first-order valence-corrected chi connectivity index (χ1v) is 9.32. The predicted molar refractivity (Wildman–Crippen MR) is 107 cm³/mol. The molecule has 2 aromatic rings. The highest BCUT2D eigenvalue weighted by molar-refractivity contribution is 5.83. The summed E-state index contributed by atoms with van der Waals surface area (Å²) in [5.74, 6) is 0.497. The van der Waals surface area contributed by atoms with E-state index in [2.05, 4.69) is 12.2 Å². The van der Waals surface area contributed by atoms with Crippen LogP contribution in [0.1, 0.15) is 31.7 Å². The minimum Gasteiger partial charge on any atom is -0.497 e. The number of hydrogen-bond acceptors (Lipinski definition) is 5. The molecule has 0 fully saturated rings. The highest BCUT2D eigenvalue weighted by Crippen LogP contribution is 2.18. The van der Waals surface area contributed by atoms with Gasteiger partial charge in [-0.15, -0.1) is 0 Å². The fourth-order valence-electron chi connectivity index (χ4n) is 2.69. The van der Waals surface area contributed by atoms with Crippen LogP contribution < -0.4 is 14.8 Å². The summed E-state index contributed by atoms with van der Waals surface area (Å²) >= 11 is 0. The molecule has 0 aliphatic heterocycles. The van der Waals surface area contributed by atoms with Crippen LogP contribution in [0.15, 0.2) is 54.6 Å². The maximum atomic E-state index is 12.2. The van der Waals surface area contributed by atoms with E-state index >= 15 is 0 Å². The highest BCUT2D eigenvalue weighted by atomic mass is 16.6. The molecule has 0 spiro atoms. The molecule has 2 rings (SSSR count). The van der Waals surface area contributed by atoms with Crippen LogP contribution in [0.3, 0.4) is 0 Å². The van der Waals surface area contributed by atoms with Gasteiger partial charge in [0.25, 0.3) is 5.91 Å². The van der Waals surface area contributed by atoms with Crippen LogP contribution in [-0.4, -0.2) is 38.2 Å². The van der Waals surface area contributed by atoms with Crippen molar-refractivity contribution < 1.29 is 23.8 Å². The Morgan fingerprint density at radius 1 is 1.00 bits per heavy atom. The third-order valence-corrected chi connectivity index (χ3v) is 4.38. The van der Waals surface area contributed by atoms with Crippen molar-refractivity contribution in [1.29, 1.82) is 0 Å². The number of methoxy groups -OCH3 is 1. The Morgan fingerprint density at radius 2 is 1.64 bits per heavy atom. The molecular formula is C22H27NO5. The van der Waals surface area contributed by atoms with E-state index in [0.29, 0.717) is 18.0 Å². The van der Waals surface area contributed by atoms with Gasteiger partial charge in [-0.3, -0.25) is 4.79 Å². The van der Waals surface area contributed by atoms with Crippen molar-refractivity contribution in [1.82, 2.24) is 5.32 Å². The lowest BCUT2D eigenvalue weighted by atomic mass is 9.96. The summed E-state index contributed by atoms with van der Waals surface area (Å²) in [6.07, 6.45) is 0.00833. The van der Waals surface area contributed by atoms with Crippen molar-refractivity contribution in [3.8, 4) is 11.5 Å². The molecule has 2 atom stereocenters. The van der Waals surface area contributed by atoms with Crippen molar-refractivity contribution >= 4 is 11.9 Å². The second-order valence-corrected chi connectivity index (χ2v) is 6.36. The Kier molecular flexibility index (Phi) is 8.34. The third-order valence-electron chi connectivity index (χ3n) is 4.38. The molecule has 1 N–H and O–H groups in total. The monoisotopic (exact) mass is 385 g/mol. The first-order valence-electron chi connectivity index (χ1n) is 9.32.